The van der Waals surface area contributed by atoms with E-state index >= 15 is 0 Å². The summed E-state index contributed by atoms with van der Waals surface area (Å²) in [6.45, 7) is 1.50. The van der Waals surface area contributed by atoms with Gasteiger partial charge in [-0.1, -0.05) is 38.8 Å². The number of rotatable bonds is 4. The Kier molecular flexibility index (Phi) is 4.92. The van der Waals surface area contributed by atoms with Gasteiger partial charge < -0.3 is 5.11 Å². The number of carboxylic acid groups (broad SMARTS) is 1. The molecular weight excluding hydrogens is 280 g/mol. The van der Waals surface area contributed by atoms with E-state index in [1.807, 2.05) is 0 Å². The van der Waals surface area contributed by atoms with Crippen molar-refractivity contribution in [2.45, 2.75) is 17.1 Å². The van der Waals surface area contributed by atoms with E-state index in [0.29, 0.717) is 0 Å². The van der Waals surface area contributed by atoms with Crippen LogP contribution in [0.25, 0.3) is 0 Å². The predicted octanol–water partition coefficient (Wildman–Crippen LogP) is 1.78. The van der Waals surface area contributed by atoms with Gasteiger partial charge in [0.1, 0.15) is 3.74 Å². The minimum atomic E-state index is -0.945. The summed E-state index contributed by atoms with van der Waals surface area (Å²) < 4.78 is -0.434. The van der Waals surface area contributed by atoms with Crippen LogP contribution in [0, 0.1) is 5.92 Å². The molecule has 0 spiro atoms. The van der Waals surface area contributed by atoms with Gasteiger partial charge in [0.05, 0.1) is 5.92 Å². The van der Waals surface area contributed by atoms with E-state index in [4.69, 9.17) is 5.11 Å². The quantitative estimate of drug-likeness (QED) is 0.802. The topological polar surface area (TPSA) is 54.4 Å². The highest BCUT2D eigenvalue weighted by Gasteiger charge is 2.19. The maximum absolute atomic E-state index is 10.9. The van der Waals surface area contributed by atoms with E-state index in [0.717, 1.165) is 0 Å². The normalized spacial score (nSPS) is 13.1. The molecule has 1 atom stereocenters. The Morgan fingerprint density at radius 2 is 1.91 bits per heavy atom. The van der Waals surface area contributed by atoms with E-state index in [2.05, 4.69) is 31.9 Å². The average molecular weight is 288 g/mol. The predicted molar refractivity (Wildman–Crippen MR) is 48.1 cm³/mol. The summed E-state index contributed by atoms with van der Waals surface area (Å²) >= 11 is 5.98. The van der Waals surface area contributed by atoms with Crippen LogP contribution in [0.2, 0.25) is 0 Å². The summed E-state index contributed by atoms with van der Waals surface area (Å²) in [6.07, 6.45) is 0.0521. The van der Waals surface area contributed by atoms with Gasteiger partial charge in [-0.2, -0.15) is 0 Å². The smallest absolute Gasteiger partial charge is 0.306 e. The lowest BCUT2D eigenvalue weighted by molar-refractivity contribution is -0.142. The number of aliphatic carboxylic acids is 1. The van der Waals surface area contributed by atoms with Crippen molar-refractivity contribution < 1.29 is 14.7 Å². The van der Waals surface area contributed by atoms with Crippen LogP contribution >= 0.6 is 31.9 Å². The van der Waals surface area contributed by atoms with Crippen molar-refractivity contribution >= 4 is 43.6 Å². The Morgan fingerprint density at radius 3 is 2.18 bits per heavy atom. The van der Waals surface area contributed by atoms with Gasteiger partial charge >= 0.3 is 5.97 Å². The zero-order chi connectivity index (χ0) is 9.02. The molecule has 1 N–H and O–H groups in total. The Hall–Kier alpha value is 0.1000. The third-order valence-electron chi connectivity index (χ3n) is 1.17. The Labute approximate surface area is 81.4 Å². The third-order valence-corrected chi connectivity index (χ3v) is 2.19. The number of Topliss-reactive ketones (excluding diaryl/α,β-unsaturated/α-hetero) is 1. The molecule has 0 aliphatic carbocycles. The van der Waals surface area contributed by atoms with Crippen molar-refractivity contribution in [1.82, 2.24) is 0 Å². The second-order valence-corrected chi connectivity index (χ2v) is 5.27. The molecule has 64 valence electrons. The van der Waals surface area contributed by atoms with Gasteiger partial charge in [-0.05, 0) is 0 Å². The number of alkyl halides is 2. The fourth-order valence-corrected chi connectivity index (χ4v) is 0.852. The molecule has 0 aliphatic heterocycles. The summed E-state index contributed by atoms with van der Waals surface area (Å²) in [7, 11) is 0. The van der Waals surface area contributed by atoms with Crippen LogP contribution in [-0.4, -0.2) is 20.6 Å². The van der Waals surface area contributed by atoms with Crippen LogP contribution in [0.5, 0.6) is 0 Å². The van der Waals surface area contributed by atoms with Gasteiger partial charge in [0, 0.05) is 6.42 Å². The SMILES string of the molecule is CC(CC(=O)C(Br)Br)C(=O)O. The first-order valence-corrected chi connectivity index (χ1v) is 4.82. The second kappa shape index (κ2) is 4.87. The van der Waals surface area contributed by atoms with Gasteiger partial charge in [0.2, 0.25) is 0 Å². The second-order valence-electron chi connectivity index (χ2n) is 2.21. The third kappa shape index (κ3) is 4.53. The zero-order valence-corrected chi connectivity index (χ0v) is 9.05. The maximum Gasteiger partial charge on any atom is 0.306 e. The molecule has 0 saturated carbocycles. The molecule has 0 aromatic heterocycles. The molecule has 0 rings (SSSR count). The largest absolute Gasteiger partial charge is 0.481 e. The first kappa shape index (κ1) is 11.1. The number of halogens is 2. The van der Waals surface area contributed by atoms with Crippen LogP contribution in [0.3, 0.4) is 0 Å². The maximum atomic E-state index is 10.9. The molecular formula is C6H8Br2O3. The van der Waals surface area contributed by atoms with Crippen molar-refractivity contribution in [2.75, 3.05) is 0 Å². The monoisotopic (exact) mass is 286 g/mol. The highest BCUT2D eigenvalue weighted by Crippen LogP contribution is 2.14. The molecule has 11 heavy (non-hydrogen) atoms. The van der Waals surface area contributed by atoms with Crippen molar-refractivity contribution in [3.05, 3.63) is 0 Å². The van der Waals surface area contributed by atoms with E-state index in [1.54, 1.807) is 0 Å². The average Bonchev–Trinajstić information content (AvgIpc) is 1.87. The summed E-state index contributed by atoms with van der Waals surface area (Å²) in [4.78, 5) is 21.2. The van der Waals surface area contributed by atoms with E-state index in [9.17, 15) is 9.59 Å². The van der Waals surface area contributed by atoms with Crippen LogP contribution < -0.4 is 0 Å². The van der Waals surface area contributed by atoms with Crippen molar-refractivity contribution in [1.29, 1.82) is 0 Å². The summed E-state index contributed by atoms with van der Waals surface area (Å²) in [6, 6.07) is 0. The van der Waals surface area contributed by atoms with E-state index in [-0.39, 0.29) is 12.2 Å². The fourth-order valence-electron chi connectivity index (χ4n) is 0.478. The van der Waals surface area contributed by atoms with E-state index < -0.39 is 15.6 Å². The van der Waals surface area contributed by atoms with Crippen LogP contribution in [0.4, 0.5) is 0 Å². The van der Waals surface area contributed by atoms with Crippen molar-refractivity contribution in [3.63, 3.8) is 0 Å². The zero-order valence-electron chi connectivity index (χ0n) is 5.88. The number of carbonyl (C=O) groups excluding carboxylic acids is 1. The minimum Gasteiger partial charge on any atom is -0.481 e. The molecule has 0 radical (unpaired) electrons. The fraction of sp³-hybridized carbons (Fsp3) is 0.667. The Balaban J connectivity index is 3.85. The molecule has 0 amide bonds. The first-order valence-electron chi connectivity index (χ1n) is 2.98. The van der Waals surface area contributed by atoms with Crippen LogP contribution in [-0.2, 0) is 9.59 Å². The lowest BCUT2D eigenvalue weighted by Gasteiger charge is -2.04. The number of carboxylic acids is 1. The molecule has 0 aliphatic rings. The molecule has 5 heteroatoms. The van der Waals surface area contributed by atoms with Crippen molar-refractivity contribution in [2.24, 2.45) is 5.92 Å². The summed E-state index contributed by atoms with van der Waals surface area (Å²) in [5.41, 5.74) is 0. The van der Waals surface area contributed by atoms with Crippen molar-refractivity contribution in [3.8, 4) is 0 Å². The molecule has 0 fully saturated rings. The Morgan fingerprint density at radius 1 is 1.45 bits per heavy atom. The highest BCUT2D eigenvalue weighted by molar-refractivity contribution is 9.25. The standard InChI is InChI=1S/C6H8Br2O3/c1-3(6(10)11)2-4(9)5(7)8/h3,5H,2H2,1H3,(H,10,11). The number of hydrogen-bond acceptors (Lipinski definition) is 2. The summed E-state index contributed by atoms with van der Waals surface area (Å²) in [5.74, 6) is -1.71. The molecule has 0 aromatic rings. The first-order chi connectivity index (χ1) is 4.95. The number of ketones is 1. The number of carbonyl (C=O) groups is 2. The highest BCUT2D eigenvalue weighted by atomic mass is 79.9. The number of hydrogen-bond donors (Lipinski definition) is 1. The van der Waals surface area contributed by atoms with Gasteiger partial charge in [-0.25, -0.2) is 0 Å². The molecule has 0 aromatic carbocycles. The molecule has 0 heterocycles. The molecule has 0 saturated heterocycles. The van der Waals surface area contributed by atoms with Crippen LogP contribution in [0.1, 0.15) is 13.3 Å². The lowest BCUT2D eigenvalue weighted by atomic mass is 10.1. The van der Waals surface area contributed by atoms with Gasteiger partial charge in [0.15, 0.2) is 5.78 Å². The van der Waals surface area contributed by atoms with Gasteiger partial charge in [-0.3, -0.25) is 9.59 Å². The van der Waals surface area contributed by atoms with Gasteiger partial charge in [-0.15, -0.1) is 0 Å². The van der Waals surface area contributed by atoms with Gasteiger partial charge in [0.25, 0.3) is 0 Å². The molecule has 3 nitrogen and oxygen atoms in total. The summed E-state index contributed by atoms with van der Waals surface area (Å²) in [5, 5.41) is 8.43. The lowest BCUT2D eigenvalue weighted by Crippen LogP contribution is -2.17. The van der Waals surface area contributed by atoms with E-state index in [1.165, 1.54) is 6.92 Å². The Bertz CT molecular complexity index is 167. The molecule has 1 unspecified atom stereocenters. The molecule has 0 bridgehead atoms. The van der Waals surface area contributed by atoms with Crippen LogP contribution in [0.15, 0.2) is 0 Å². The minimum absolute atomic E-state index is 0.0521.